The van der Waals surface area contributed by atoms with Crippen LogP contribution in [0.5, 0.6) is 0 Å². The minimum absolute atomic E-state index is 0.0416. The van der Waals surface area contributed by atoms with Crippen molar-refractivity contribution >= 4 is 28.4 Å². The normalized spacial score (nSPS) is 16.3. The molecule has 1 aromatic carbocycles. The molecule has 1 amide bonds. The maximum Gasteiger partial charge on any atom is 0.270 e. The van der Waals surface area contributed by atoms with Gasteiger partial charge in [0.1, 0.15) is 5.69 Å². The summed E-state index contributed by atoms with van der Waals surface area (Å²) in [6.07, 6.45) is 1.60. The largest absolute Gasteiger partial charge is 0.394 e. The fourth-order valence-corrected chi connectivity index (χ4v) is 2.29. The van der Waals surface area contributed by atoms with E-state index in [2.05, 4.69) is 10.3 Å². The topological polar surface area (TPSA) is 62.2 Å². The summed E-state index contributed by atoms with van der Waals surface area (Å²) in [6.45, 7) is -0.0416. The van der Waals surface area contributed by atoms with Gasteiger partial charge >= 0.3 is 0 Å². The summed E-state index contributed by atoms with van der Waals surface area (Å²) in [6, 6.07) is 8.97. The lowest BCUT2D eigenvalue weighted by atomic mass is 10.2. The lowest BCUT2D eigenvalue weighted by Gasteiger charge is -2.14. The number of halogens is 1. The first-order valence-electron chi connectivity index (χ1n) is 6.12. The number of hydrogen-bond donors (Lipinski definition) is 2. The van der Waals surface area contributed by atoms with E-state index in [0.717, 1.165) is 18.2 Å². The molecule has 2 N–H and O–H groups in total. The molecule has 0 saturated heterocycles. The summed E-state index contributed by atoms with van der Waals surface area (Å²) in [5.41, 5.74) is 0.522. The maximum absolute atomic E-state index is 12.1. The molecule has 1 fully saturated rings. The Morgan fingerprint density at radius 1 is 1.42 bits per heavy atom. The van der Waals surface area contributed by atoms with E-state index in [1.54, 1.807) is 6.07 Å². The molecule has 0 unspecified atom stereocenters. The van der Waals surface area contributed by atoms with Gasteiger partial charge in [0.25, 0.3) is 5.91 Å². The van der Waals surface area contributed by atoms with Crippen LogP contribution in [0, 0.1) is 0 Å². The SMILES string of the molecule is O=C(NC1(CO)CC1)c1cc(Cl)c2ccccc2n1. The van der Waals surface area contributed by atoms with Crippen LogP contribution in [-0.2, 0) is 0 Å². The fraction of sp³-hybridized carbons (Fsp3) is 0.286. The second kappa shape index (κ2) is 4.47. The standard InChI is InChI=1S/C14H13ClN2O2/c15-10-7-12(13(19)17-14(8-18)5-6-14)16-11-4-2-1-3-9(10)11/h1-4,7,18H,5-6,8H2,(H,17,19). The number of nitrogens with one attached hydrogen (secondary N) is 1. The second-order valence-electron chi connectivity index (χ2n) is 4.90. The number of carbonyl (C=O) groups excluding carboxylic acids is 1. The maximum atomic E-state index is 12.1. The number of hydrogen-bond acceptors (Lipinski definition) is 3. The molecule has 1 aromatic heterocycles. The molecule has 0 spiro atoms. The number of carbonyl (C=O) groups is 1. The molecule has 0 atom stereocenters. The van der Waals surface area contributed by atoms with Crippen molar-refractivity contribution in [2.24, 2.45) is 0 Å². The van der Waals surface area contributed by atoms with Gasteiger partial charge in [-0.1, -0.05) is 29.8 Å². The van der Waals surface area contributed by atoms with Crippen LogP contribution >= 0.6 is 11.6 Å². The van der Waals surface area contributed by atoms with Crippen LogP contribution in [0.3, 0.4) is 0 Å². The lowest BCUT2D eigenvalue weighted by molar-refractivity contribution is 0.0902. The van der Waals surface area contributed by atoms with Crippen LogP contribution in [0.15, 0.2) is 30.3 Å². The molecule has 3 rings (SSSR count). The van der Waals surface area contributed by atoms with Crippen LogP contribution in [0.25, 0.3) is 10.9 Å². The molecule has 0 radical (unpaired) electrons. The average molecular weight is 277 g/mol. The van der Waals surface area contributed by atoms with Crippen molar-refractivity contribution in [3.63, 3.8) is 0 Å². The highest BCUT2D eigenvalue weighted by Crippen LogP contribution is 2.35. The first-order valence-corrected chi connectivity index (χ1v) is 6.50. The van der Waals surface area contributed by atoms with E-state index in [-0.39, 0.29) is 18.2 Å². The van der Waals surface area contributed by atoms with E-state index in [1.165, 1.54) is 0 Å². The van der Waals surface area contributed by atoms with Crippen molar-refractivity contribution in [2.75, 3.05) is 6.61 Å². The number of aliphatic hydroxyl groups excluding tert-OH is 1. The van der Waals surface area contributed by atoms with Crippen molar-refractivity contribution in [2.45, 2.75) is 18.4 Å². The lowest BCUT2D eigenvalue weighted by Crippen LogP contribution is -2.39. The Labute approximate surface area is 115 Å². The summed E-state index contributed by atoms with van der Waals surface area (Å²) in [5.74, 6) is -0.292. The van der Waals surface area contributed by atoms with Crippen molar-refractivity contribution in [3.8, 4) is 0 Å². The molecular weight excluding hydrogens is 264 g/mol. The summed E-state index contributed by atoms with van der Waals surface area (Å²) < 4.78 is 0. The van der Waals surface area contributed by atoms with Crippen LogP contribution in [0.1, 0.15) is 23.3 Å². The molecule has 98 valence electrons. The van der Waals surface area contributed by atoms with Gasteiger partial charge in [-0.15, -0.1) is 0 Å². The number of nitrogens with zero attached hydrogens (tertiary/aromatic N) is 1. The summed E-state index contributed by atoms with van der Waals surface area (Å²) in [5, 5.41) is 13.4. The zero-order chi connectivity index (χ0) is 13.5. The number of pyridine rings is 1. The number of amides is 1. The monoisotopic (exact) mass is 276 g/mol. The minimum Gasteiger partial charge on any atom is -0.394 e. The molecule has 2 aromatic rings. The van der Waals surface area contributed by atoms with Gasteiger partial charge in [0.2, 0.25) is 0 Å². The number of aromatic nitrogens is 1. The van der Waals surface area contributed by atoms with Gasteiger partial charge in [-0.25, -0.2) is 4.98 Å². The number of fused-ring (bicyclic) bond motifs is 1. The van der Waals surface area contributed by atoms with E-state index < -0.39 is 5.54 Å². The number of para-hydroxylation sites is 1. The van der Waals surface area contributed by atoms with E-state index in [4.69, 9.17) is 11.6 Å². The van der Waals surface area contributed by atoms with Crippen LogP contribution in [-0.4, -0.2) is 28.1 Å². The van der Waals surface area contributed by atoms with Gasteiger partial charge in [-0.3, -0.25) is 4.79 Å². The summed E-state index contributed by atoms with van der Waals surface area (Å²) >= 11 is 6.16. The van der Waals surface area contributed by atoms with Gasteiger partial charge in [-0.05, 0) is 25.0 Å². The zero-order valence-corrected chi connectivity index (χ0v) is 10.9. The Hall–Kier alpha value is -1.65. The van der Waals surface area contributed by atoms with Gasteiger partial charge in [-0.2, -0.15) is 0 Å². The Balaban J connectivity index is 1.94. The number of rotatable bonds is 3. The first kappa shape index (κ1) is 12.4. The van der Waals surface area contributed by atoms with Crippen molar-refractivity contribution in [3.05, 3.63) is 41.0 Å². The van der Waals surface area contributed by atoms with Gasteiger partial charge < -0.3 is 10.4 Å². The van der Waals surface area contributed by atoms with Gasteiger partial charge in [0.15, 0.2) is 0 Å². The molecule has 0 bridgehead atoms. The Kier molecular flexibility index (Phi) is 2.92. The molecule has 1 aliphatic carbocycles. The van der Waals surface area contributed by atoms with E-state index in [0.29, 0.717) is 10.5 Å². The molecule has 1 heterocycles. The Bertz CT molecular complexity index is 653. The smallest absolute Gasteiger partial charge is 0.270 e. The molecule has 0 aliphatic heterocycles. The van der Waals surface area contributed by atoms with Crippen LogP contribution < -0.4 is 5.32 Å². The number of benzene rings is 1. The van der Waals surface area contributed by atoms with Crippen LogP contribution in [0.4, 0.5) is 0 Å². The van der Waals surface area contributed by atoms with Crippen molar-refractivity contribution < 1.29 is 9.90 Å². The molecular formula is C14H13ClN2O2. The quantitative estimate of drug-likeness (QED) is 0.903. The van der Waals surface area contributed by atoms with Gasteiger partial charge in [0, 0.05) is 5.39 Å². The predicted octanol–water partition coefficient (Wildman–Crippen LogP) is 2.14. The fourth-order valence-electron chi connectivity index (χ4n) is 2.03. The highest BCUT2D eigenvalue weighted by atomic mass is 35.5. The molecule has 5 heteroatoms. The first-order chi connectivity index (χ1) is 9.13. The van der Waals surface area contributed by atoms with Crippen LogP contribution in [0.2, 0.25) is 5.02 Å². The third-order valence-electron chi connectivity index (χ3n) is 3.43. The highest BCUT2D eigenvalue weighted by Gasteiger charge is 2.43. The van der Waals surface area contributed by atoms with E-state index >= 15 is 0 Å². The zero-order valence-electron chi connectivity index (χ0n) is 10.2. The predicted molar refractivity (Wildman–Crippen MR) is 73.3 cm³/mol. The minimum atomic E-state index is -0.448. The summed E-state index contributed by atoms with van der Waals surface area (Å²) in [4.78, 5) is 16.4. The molecule has 1 aliphatic rings. The van der Waals surface area contributed by atoms with Gasteiger partial charge in [0.05, 0.1) is 22.7 Å². The Morgan fingerprint density at radius 2 is 2.16 bits per heavy atom. The average Bonchev–Trinajstić information content (AvgIpc) is 3.19. The van der Waals surface area contributed by atoms with E-state index in [1.807, 2.05) is 24.3 Å². The van der Waals surface area contributed by atoms with E-state index in [9.17, 15) is 9.90 Å². The third kappa shape index (κ3) is 2.29. The summed E-state index contributed by atoms with van der Waals surface area (Å²) in [7, 11) is 0. The highest BCUT2D eigenvalue weighted by molar-refractivity contribution is 6.35. The number of aliphatic hydroxyl groups is 1. The van der Waals surface area contributed by atoms with Crippen molar-refractivity contribution in [1.82, 2.24) is 10.3 Å². The second-order valence-corrected chi connectivity index (χ2v) is 5.31. The molecule has 1 saturated carbocycles. The molecule has 19 heavy (non-hydrogen) atoms. The Morgan fingerprint density at radius 3 is 2.84 bits per heavy atom. The molecule has 4 nitrogen and oxygen atoms in total. The third-order valence-corrected chi connectivity index (χ3v) is 3.75. The van der Waals surface area contributed by atoms with Crippen molar-refractivity contribution in [1.29, 1.82) is 0 Å².